The van der Waals surface area contributed by atoms with Gasteiger partial charge in [0.25, 0.3) is 5.91 Å². The third kappa shape index (κ3) is 3.65. The lowest BCUT2D eigenvalue weighted by Crippen LogP contribution is -2.46. The zero-order chi connectivity index (χ0) is 13.7. The van der Waals surface area contributed by atoms with Gasteiger partial charge in [-0.15, -0.1) is 0 Å². The Hall–Kier alpha value is -1.66. The minimum absolute atomic E-state index is 0.0532. The van der Waals surface area contributed by atoms with Crippen molar-refractivity contribution >= 4 is 11.7 Å². The molecule has 0 aromatic carbocycles. The van der Waals surface area contributed by atoms with Crippen LogP contribution in [0.15, 0.2) is 18.3 Å². The van der Waals surface area contributed by atoms with E-state index in [2.05, 4.69) is 27.6 Å². The van der Waals surface area contributed by atoms with Crippen LogP contribution in [0.4, 0.5) is 5.82 Å². The molecule has 1 fully saturated rings. The molecular weight excluding hydrogens is 244 g/mol. The monoisotopic (exact) mass is 264 g/mol. The van der Waals surface area contributed by atoms with Gasteiger partial charge in [-0.2, -0.15) is 0 Å². The largest absolute Gasteiger partial charge is 0.374 e. The van der Waals surface area contributed by atoms with Gasteiger partial charge in [-0.1, -0.05) is 0 Å². The molecule has 1 unspecified atom stereocenters. The van der Waals surface area contributed by atoms with Crippen LogP contribution < -0.4 is 10.6 Å². The lowest BCUT2D eigenvalue weighted by atomic mass is 10.2. The van der Waals surface area contributed by atoms with Gasteiger partial charge in [0.1, 0.15) is 5.82 Å². The molecule has 1 atom stereocenters. The summed E-state index contributed by atoms with van der Waals surface area (Å²) in [5.41, 5.74) is 0.550. The van der Waals surface area contributed by atoms with E-state index in [4.69, 9.17) is 4.74 Å². The van der Waals surface area contributed by atoms with Crippen molar-refractivity contribution in [2.45, 2.75) is 6.10 Å². The molecule has 19 heavy (non-hydrogen) atoms. The van der Waals surface area contributed by atoms with Gasteiger partial charge in [0.15, 0.2) is 0 Å². The molecule has 1 aromatic rings. The predicted molar refractivity (Wildman–Crippen MR) is 73.4 cm³/mol. The number of hydrogen-bond donors (Lipinski definition) is 2. The van der Waals surface area contributed by atoms with Crippen LogP contribution in [0, 0.1) is 0 Å². The fourth-order valence-electron chi connectivity index (χ4n) is 2.08. The molecule has 2 heterocycles. The number of nitrogens with one attached hydrogen (secondary N) is 2. The van der Waals surface area contributed by atoms with Crippen LogP contribution in [0.2, 0.25) is 0 Å². The number of carbonyl (C=O) groups is 1. The number of rotatable bonds is 4. The SMILES string of the molecule is CNc1ncccc1C(=O)NCC1CN(C)CCO1. The molecule has 1 aromatic heterocycles. The first-order valence-electron chi connectivity index (χ1n) is 6.42. The molecule has 1 aliphatic rings. The lowest BCUT2D eigenvalue weighted by molar-refractivity contribution is -0.0175. The van der Waals surface area contributed by atoms with Gasteiger partial charge in [0.2, 0.25) is 0 Å². The normalized spacial score (nSPS) is 20.0. The van der Waals surface area contributed by atoms with E-state index in [1.165, 1.54) is 0 Å². The van der Waals surface area contributed by atoms with Crippen LogP contribution in [0.3, 0.4) is 0 Å². The van der Waals surface area contributed by atoms with E-state index in [1.54, 1.807) is 25.4 Å². The van der Waals surface area contributed by atoms with Crippen molar-refractivity contribution < 1.29 is 9.53 Å². The van der Waals surface area contributed by atoms with Crippen LogP contribution in [0.1, 0.15) is 10.4 Å². The van der Waals surface area contributed by atoms with Gasteiger partial charge < -0.3 is 20.3 Å². The predicted octanol–water partition coefficient (Wildman–Crippen LogP) is 0.184. The molecule has 1 amide bonds. The maximum atomic E-state index is 12.1. The second kappa shape index (κ2) is 6.49. The van der Waals surface area contributed by atoms with Gasteiger partial charge in [-0.3, -0.25) is 4.79 Å². The van der Waals surface area contributed by atoms with Gasteiger partial charge in [-0.25, -0.2) is 4.98 Å². The van der Waals surface area contributed by atoms with Crippen LogP contribution in [-0.4, -0.2) is 62.2 Å². The van der Waals surface area contributed by atoms with E-state index in [-0.39, 0.29) is 12.0 Å². The number of likely N-dealkylation sites (N-methyl/N-ethyl adjacent to an activating group) is 1. The van der Waals surface area contributed by atoms with E-state index in [0.29, 0.717) is 24.5 Å². The average molecular weight is 264 g/mol. The van der Waals surface area contributed by atoms with E-state index < -0.39 is 0 Å². The maximum Gasteiger partial charge on any atom is 0.255 e. The van der Waals surface area contributed by atoms with Crippen molar-refractivity contribution in [2.75, 3.05) is 45.7 Å². The van der Waals surface area contributed by atoms with Crippen molar-refractivity contribution in [3.8, 4) is 0 Å². The summed E-state index contributed by atoms with van der Waals surface area (Å²) in [6.07, 6.45) is 1.71. The Balaban J connectivity index is 1.90. The molecule has 104 valence electrons. The number of anilines is 1. The first-order valence-corrected chi connectivity index (χ1v) is 6.42. The third-order valence-corrected chi connectivity index (χ3v) is 3.12. The number of amides is 1. The molecule has 0 aliphatic carbocycles. The zero-order valence-electron chi connectivity index (χ0n) is 11.3. The molecule has 0 bridgehead atoms. The van der Waals surface area contributed by atoms with Crippen LogP contribution >= 0.6 is 0 Å². The van der Waals surface area contributed by atoms with E-state index in [0.717, 1.165) is 13.1 Å². The molecule has 1 aliphatic heterocycles. The first kappa shape index (κ1) is 13.8. The smallest absolute Gasteiger partial charge is 0.255 e. The summed E-state index contributed by atoms with van der Waals surface area (Å²) in [5, 5.41) is 5.80. The standard InChI is InChI=1S/C13H20N4O2/c1-14-12-11(4-3-5-15-12)13(18)16-8-10-9-17(2)6-7-19-10/h3-5,10H,6-9H2,1-2H3,(H,14,15)(H,16,18). The Morgan fingerprint density at radius 3 is 3.21 bits per heavy atom. The highest BCUT2D eigenvalue weighted by Gasteiger charge is 2.19. The number of morpholine rings is 1. The molecule has 0 saturated carbocycles. The van der Waals surface area contributed by atoms with Gasteiger partial charge in [0, 0.05) is 32.9 Å². The Kier molecular flexibility index (Phi) is 4.70. The van der Waals surface area contributed by atoms with Crippen molar-refractivity contribution in [1.82, 2.24) is 15.2 Å². The fourth-order valence-corrected chi connectivity index (χ4v) is 2.08. The molecule has 2 N–H and O–H groups in total. The van der Waals surface area contributed by atoms with E-state index in [1.807, 2.05) is 0 Å². The number of ether oxygens (including phenoxy) is 1. The Bertz CT molecular complexity index is 438. The average Bonchev–Trinajstić information content (AvgIpc) is 2.45. The Labute approximate surface area is 113 Å². The summed E-state index contributed by atoms with van der Waals surface area (Å²) in [5.74, 6) is 0.455. The van der Waals surface area contributed by atoms with Crippen molar-refractivity contribution in [3.63, 3.8) is 0 Å². The molecule has 6 nitrogen and oxygen atoms in total. The summed E-state index contributed by atoms with van der Waals surface area (Å²) in [4.78, 5) is 18.4. The number of carbonyl (C=O) groups excluding carboxylic acids is 1. The minimum Gasteiger partial charge on any atom is -0.374 e. The van der Waals surface area contributed by atoms with Crippen molar-refractivity contribution in [3.05, 3.63) is 23.9 Å². The minimum atomic E-state index is -0.130. The molecular formula is C13H20N4O2. The zero-order valence-corrected chi connectivity index (χ0v) is 11.3. The van der Waals surface area contributed by atoms with Crippen molar-refractivity contribution in [1.29, 1.82) is 0 Å². The lowest BCUT2D eigenvalue weighted by Gasteiger charge is -2.30. The van der Waals surface area contributed by atoms with Gasteiger partial charge in [0.05, 0.1) is 18.3 Å². The highest BCUT2D eigenvalue weighted by molar-refractivity contribution is 5.98. The first-order chi connectivity index (χ1) is 9.20. The summed E-state index contributed by atoms with van der Waals surface area (Å²) >= 11 is 0. The third-order valence-electron chi connectivity index (χ3n) is 3.12. The topological polar surface area (TPSA) is 66.5 Å². The molecule has 1 saturated heterocycles. The molecule has 6 heteroatoms. The molecule has 0 radical (unpaired) electrons. The summed E-state index contributed by atoms with van der Waals surface area (Å²) in [6, 6.07) is 3.50. The Morgan fingerprint density at radius 1 is 1.63 bits per heavy atom. The number of pyridine rings is 1. The summed E-state index contributed by atoms with van der Waals surface area (Å²) in [6.45, 7) is 3.01. The molecule has 0 spiro atoms. The summed E-state index contributed by atoms with van der Waals surface area (Å²) in [7, 11) is 3.80. The maximum absolute atomic E-state index is 12.1. The summed E-state index contributed by atoms with van der Waals surface area (Å²) < 4.78 is 5.60. The van der Waals surface area contributed by atoms with Crippen LogP contribution in [0.25, 0.3) is 0 Å². The second-order valence-electron chi connectivity index (χ2n) is 4.61. The van der Waals surface area contributed by atoms with Crippen LogP contribution in [-0.2, 0) is 4.74 Å². The van der Waals surface area contributed by atoms with E-state index >= 15 is 0 Å². The number of hydrogen-bond acceptors (Lipinski definition) is 5. The fraction of sp³-hybridized carbons (Fsp3) is 0.538. The molecule has 2 rings (SSSR count). The van der Waals surface area contributed by atoms with Crippen LogP contribution in [0.5, 0.6) is 0 Å². The second-order valence-corrected chi connectivity index (χ2v) is 4.61. The quantitative estimate of drug-likeness (QED) is 0.812. The van der Waals surface area contributed by atoms with Gasteiger partial charge in [-0.05, 0) is 19.2 Å². The van der Waals surface area contributed by atoms with Gasteiger partial charge >= 0.3 is 0 Å². The Morgan fingerprint density at radius 2 is 2.47 bits per heavy atom. The number of nitrogens with zero attached hydrogens (tertiary/aromatic N) is 2. The van der Waals surface area contributed by atoms with Crippen molar-refractivity contribution in [2.24, 2.45) is 0 Å². The van der Waals surface area contributed by atoms with E-state index in [9.17, 15) is 4.79 Å². The number of aromatic nitrogens is 1. The highest BCUT2D eigenvalue weighted by Crippen LogP contribution is 2.10. The highest BCUT2D eigenvalue weighted by atomic mass is 16.5.